The predicted octanol–water partition coefficient (Wildman–Crippen LogP) is -0.505. The van der Waals surface area contributed by atoms with E-state index >= 15 is 0 Å². The fourth-order valence-corrected chi connectivity index (χ4v) is 3.58. The first-order valence-electron chi connectivity index (χ1n) is 7.19. The molecule has 0 aromatic heterocycles. The van der Waals surface area contributed by atoms with Crippen LogP contribution in [0.5, 0.6) is 0 Å². The first-order chi connectivity index (χ1) is 8.15. The van der Waals surface area contributed by atoms with Crippen LogP contribution in [0.2, 0.25) is 0 Å². The Morgan fingerprint density at radius 1 is 1.22 bits per heavy atom. The summed E-state index contributed by atoms with van der Waals surface area (Å²) < 4.78 is 6.85. The van der Waals surface area contributed by atoms with Gasteiger partial charge in [0.1, 0.15) is 6.04 Å². The Balaban J connectivity index is 0.00000162. The number of fused-ring (bicyclic) bond motifs is 1. The number of halogens is 1. The lowest BCUT2D eigenvalue weighted by Crippen LogP contribution is -3.00. The lowest BCUT2D eigenvalue weighted by molar-refractivity contribution is -0.946. The maximum atomic E-state index is 11.7. The third kappa shape index (κ3) is 3.47. The first-order valence-corrected chi connectivity index (χ1v) is 7.19. The van der Waals surface area contributed by atoms with Crippen LogP contribution in [0.15, 0.2) is 0 Å². The Morgan fingerprint density at radius 3 is 2.67 bits per heavy atom. The van der Waals surface area contributed by atoms with Gasteiger partial charge in [0.15, 0.2) is 6.10 Å². The summed E-state index contributed by atoms with van der Waals surface area (Å²) in [5.74, 6) is 0.0107. The minimum absolute atomic E-state index is 0. The molecule has 0 spiro atoms. The summed E-state index contributed by atoms with van der Waals surface area (Å²) in [6, 6.07) is 0.568. The van der Waals surface area contributed by atoms with Gasteiger partial charge >= 0.3 is 5.97 Å². The van der Waals surface area contributed by atoms with E-state index in [1.807, 2.05) is 6.92 Å². The molecule has 1 unspecified atom stereocenters. The largest absolute Gasteiger partial charge is 1.00 e. The number of piperidine rings is 2. The molecular formula is C14H26BrNO2. The second kappa shape index (κ2) is 6.90. The SMILES string of the molecule is CCCC(=O)O[C@@H]1CCC[N+]2(C)CCCC[C@H]12.[Br-]. The van der Waals surface area contributed by atoms with Crippen molar-refractivity contribution in [2.24, 2.45) is 0 Å². The molecule has 0 saturated carbocycles. The molecule has 0 bridgehead atoms. The molecule has 18 heavy (non-hydrogen) atoms. The molecule has 2 heterocycles. The number of carbonyl (C=O) groups excluding carboxylic acids is 1. The summed E-state index contributed by atoms with van der Waals surface area (Å²) in [6.45, 7) is 4.57. The summed E-state index contributed by atoms with van der Waals surface area (Å²) >= 11 is 0. The highest BCUT2D eigenvalue weighted by atomic mass is 79.9. The molecular weight excluding hydrogens is 294 g/mol. The zero-order chi connectivity index (χ0) is 12.3. The summed E-state index contributed by atoms with van der Waals surface area (Å²) in [5, 5.41) is 0. The number of quaternary nitrogens is 1. The third-order valence-electron chi connectivity index (χ3n) is 4.54. The molecule has 106 valence electrons. The third-order valence-corrected chi connectivity index (χ3v) is 4.54. The monoisotopic (exact) mass is 319 g/mol. The van der Waals surface area contributed by atoms with E-state index in [1.165, 1.54) is 38.8 Å². The van der Waals surface area contributed by atoms with Crippen LogP contribution < -0.4 is 17.0 Å². The van der Waals surface area contributed by atoms with Crippen LogP contribution in [-0.2, 0) is 9.53 Å². The second-order valence-corrected chi connectivity index (χ2v) is 5.91. The van der Waals surface area contributed by atoms with E-state index in [1.54, 1.807) is 0 Å². The van der Waals surface area contributed by atoms with Crippen molar-refractivity contribution in [3.8, 4) is 0 Å². The van der Waals surface area contributed by atoms with E-state index < -0.39 is 0 Å². The van der Waals surface area contributed by atoms with E-state index in [2.05, 4.69) is 7.05 Å². The molecule has 0 aromatic carbocycles. The molecule has 0 amide bonds. The van der Waals surface area contributed by atoms with E-state index in [-0.39, 0.29) is 29.1 Å². The van der Waals surface area contributed by atoms with Crippen molar-refractivity contribution >= 4 is 5.97 Å². The Hall–Kier alpha value is -0.0900. The lowest BCUT2D eigenvalue weighted by Gasteiger charge is -2.50. The van der Waals surface area contributed by atoms with Gasteiger partial charge in [-0.15, -0.1) is 0 Å². The van der Waals surface area contributed by atoms with Crippen LogP contribution in [0.3, 0.4) is 0 Å². The number of likely N-dealkylation sites (N-methyl/N-ethyl adjacent to an activating group) is 1. The first kappa shape index (κ1) is 16.0. The zero-order valence-electron chi connectivity index (χ0n) is 11.7. The van der Waals surface area contributed by atoms with Crippen molar-refractivity contribution in [3.63, 3.8) is 0 Å². The lowest BCUT2D eigenvalue weighted by atomic mass is 9.88. The van der Waals surface area contributed by atoms with Gasteiger partial charge in [-0.3, -0.25) is 4.79 Å². The van der Waals surface area contributed by atoms with Crippen LogP contribution in [0.25, 0.3) is 0 Å². The Morgan fingerprint density at radius 2 is 1.94 bits per heavy atom. The normalized spacial score (nSPS) is 35.2. The van der Waals surface area contributed by atoms with Crippen LogP contribution >= 0.6 is 0 Å². The second-order valence-electron chi connectivity index (χ2n) is 5.91. The number of nitrogens with zero attached hydrogens (tertiary/aromatic N) is 1. The maximum absolute atomic E-state index is 11.7. The Bertz CT molecular complexity index is 281. The van der Waals surface area contributed by atoms with Crippen molar-refractivity contribution < 1.29 is 31.0 Å². The van der Waals surface area contributed by atoms with Gasteiger partial charge in [-0.25, -0.2) is 0 Å². The number of rotatable bonds is 3. The van der Waals surface area contributed by atoms with E-state index in [9.17, 15) is 4.79 Å². The maximum Gasteiger partial charge on any atom is 0.306 e. The highest BCUT2D eigenvalue weighted by Crippen LogP contribution is 2.33. The molecule has 0 N–H and O–H groups in total. The quantitative estimate of drug-likeness (QED) is 0.517. The highest BCUT2D eigenvalue weighted by molar-refractivity contribution is 5.69. The minimum Gasteiger partial charge on any atom is -1.00 e. The van der Waals surface area contributed by atoms with Crippen molar-refractivity contribution in [1.29, 1.82) is 0 Å². The Kier molecular flexibility index (Phi) is 6.12. The smallest absolute Gasteiger partial charge is 0.306 e. The summed E-state index contributed by atoms with van der Waals surface area (Å²) in [6.07, 6.45) is 7.82. The molecule has 2 saturated heterocycles. The van der Waals surface area contributed by atoms with Crippen molar-refractivity contribution in [2.45, 2.75) is 64.0 Å². The molecule has 3 atom stereocenters. The topological polar surface area (TPSA) is 26.3 Å². The molecule has 3 nitrogen and oxygen atoms in total. The molecule has 2 fully saturated rings. The molecule has 0 radical (unpaired) electrons. The standard InChI is InChI=1S/C14H26NO2.BrH/c1-3-7-14(16)17-13-9-6-11-15(2)10-5-4-8-12(13)15;/h12-13H,3-11H2,1-2H3;1H/q+1;/p-1/t12-,13-,15?;/m1./s1. The van der Waals surface area contributed by atoms with Gasteiger partial charge < -0.3 is 26.2 Å². The molecule has 0 aromatic rings. The summed E-state index contributed by atoms with van der Waals surface area (Å²) in [7, 11) is 2.35. The molecule has 4 heteroatoms. The van der Waals surface area contributed by atoms with Gasteiger partial charge in [0.2, 0.25) is 0 Å². The molecule has 0 aliphatic carbocycles. The summed E-state index contributed by atoms with van der Waals surface area (Å²) in [5.41, 5.74) is 0. The van der Waals surface area contributed by atoms with Gasteiger partial charge in [-0.05, 0) is 25.7 Å². The average Bonchev–Trinajstić information content (AvgIpc) is 2.29. The zero-order valence-corrected chi connectivity index (χ0v) is 13.2. The van der Waals surface area contributed by atoms with Gasteiger partial charge in [-0.1, -0.05) is 6.92 Å². The molecule has 2 rings (SSSR count). The Labute approximate surface area is 121 Å². The van der Waals surface area contributed by atoms with Crippen molar-refractivity contribution in [3.05, 3.63) is 0 Å². The van der Waals surface area contributed by atoms with E-state index in [0.29, 0.717) is 12.5 Å². The van der Waals surface area contributed by atoms with Gasteiger partial charge in [0.25, 0.3) is 0 Å². The van der Waals surface area contributed by atoms with Crippen LogP contribution in [0.1, 0.15) is 51.9 Å². The number of carbonyl (C=O) groups is 1. The van der Waals surface area contributed by atoms with Gasteiger partial charge in [0, 0.05) is 19.3 Å². The van der Waals surface area contributed by atoms with Crippen molar-refractivity contribution in [1.82, 2.24) is 0 Å². The highest BCUT2D eigenvalue weighted by Gasteiger charge is 2.45. The average molecular weight is 320 g/mol. The summed E-state index contributed by atoms with van der Waals surface area (Å²) in [4.78, 5) is 11.7. The van der Waals surface area contributed by atoms with Crippen molar-refractivity contribution in [2.75, 3.05) is 20.1 Å². The number of hydrogen-bond donors (Lipinski definition) is 0. The fourth-order valence-electron chi connectivity index (χ4n) is 3.58. The van der Waals surface area contributed by atoms with Gasteiger partial charge in [0.05, 0.1) is 20.1 Å². The van der Waals surface area contributed by atoms with E-state index in [4.69, 9.17) is 4.74 Å². The van der Waals surface area contributed by atoms with E-state index in [0.717, 1.165) is 17.3 Å². The number of ether oxygens (including phenoxy) is 1. The molecule has 2 aliphatic heterocycles. The van der Waals surface area contributed by atoms with Gasteiger partial charge in [-0.2, -0.15) is 0 Å². The minimum atomic E-state index is 0. The fraction of sp³-hybridized carbons (Fsp3) is 0.929. The number of esters is 1. The molecule has 2 aliphatic rings. The van der Waals surface area contributed by atoms with Crippen LogP contribution in [0, 0.1) is 0 Å². The van der Waals surface area contributed by atoms with Crippen LogP contribution in [0.4, 0.5) is 0 Å². The number of hydrogen-bond acceptors (Lipinski definition) is 2. The van der Waals surface area contributed by atoms with Crippen LogP contribution in [-0.4, -0.2) is 42.7 Å². The predicted molar refractivity (Wildman–Crippen MR) is 67.6 cm³/mol.